The smallest absolute Gasteiger partial charge is 0.315 e. The van der Waals surface area contributed by atoms with E-state index in [0.717, 1.165) is 5.56 Å². The standard InChI is InChI=1S/C11H14N2O3S/c14-9(15)11(2-3-11)7-13-10(16)12-5-8-1-4-17-6-8/h1,4,6H,2-3,5,7H2,(H,14,15)(H2,12,13,16). The predicted molar refractivity (Wildman–Crippen MR) is 63.9 cm³/mol. The van der Waals surface area contributed by atoms with Gasteiger partial charge in [0.1, 0.15) is 0 Å². The maximum Gasteiger partial charge on any atom is 0.315 e. The summed E-state index contributed by atoms with van der Waals surface area (Å²) in [6, 6.07) is 1.62. The van der Waals surface area contributed by atoms with Gasteiger partial charge in [-0.1, -0.05) is 0 Å². The lowest BCUT2D eigenvalue weighted by Crippen LogP contribution is -2.40. The van der Waals surface area contributed by atoms with Crippen LogP contribution in [-0.4, -0.2) is 23.7 Å². The van der Waals surface area contributed by atoms with Crippen molar-refractivity contribution in [2.24, 2.45) is 5.41 Å². The van der Waals surface area contributed by atoms with Crippen molar-refractivity contribution in [1.82, 2.24) is 10.6 Å². The van der Waals surface area contributed by atoms with Crippen molar-refractivity contribution in [1.29, 1.82) is 0 Å². The number of amides is 2. The van der Waals surface area contributed by atoms with E-state index in [1.165, 1.54) is 0 Å². The van der Waals surface area contributed by atoms with Crippen LogP contribution in [0, 0.1) is 5.41 Å². The second kappa shape index (κ2) is 4.75. The van der Waals surface area contributed by atoms with E-state index in [9.17, 15) is 9.59 Å². The molecule has 0 unspecified atom stereocenters. The molecule has 0 aliphatic heterocycles. The number of urea groups is 1. The Labute approximate surface area is 103 Å². The molecule has 2 amide bonds. The highest BCUT2D eigenvalue weighted by Crippen LogP contribution is 2.45. The molecule has 1 fully saturated rings. The van der Waals surface area contributed by atoms with Gasteiger partial charge < -0.3 is 15.7 Å². The normalized spacial score (nSPS) is 16.2. The minimum absolute atomic E-state index is 0.206. The predicted octanol–water partition coefficient (Wildman–Crippen LogP) is 1.41. The van der Waals surface area contributed by atoms with E-state index in [0.29, 0.717) is 19.4 Å². The number of hydrogen-bond donors (Lipinski definition) is 3. The van der Waals surface area contributed by atoms with Crippen LogP contribution in [0.3, 0.4) is 0 Å². The van der Waals surface area contributed by atoms with Crippen molar-refractivity contribution < 1.29 is 14.7 Å². The molecule has 2 rings (SSSR count). The number of carboxylic acids is 1. The number of carbonyl (C=O) groups excluding carboxylic acids is 1. The highest BCUT2D eigenvalue weighted by molar-refractivity contribution is 7.07. The first-order valence-corrected chi connectivity index (χ1v) is 6.33. The number of carbonyl (C=O) groups is 2. The number of thiophene rings is 1. The fourth-order valence-corrected chi connectivity index (χ4v) is 2.17. The Kier molecular flexibility index (Phi) is 3.33. The third-order valence-corrected chi connectivity index (χ3v) is 3.66. The molecule has 5 nitrogen and oxygen atoms in total. The molecular weight excluding hydrogens is 240 g/mol. The quantitative estimate of drug-likeness (QED) is 0.743. The Morgan fingerprint density at radius 3 is 2.71 bits per heavy atom. The Morgan fingerprint density at radius 2 is 2.18 bits per heavy atom. The first kappa shape index (κ1) is 11.9. The molecule has 1 heterocycles. The van der Waals surface area contributed by atoms with E-state index >= 15 is 0 Å². The van der Waals surface area contributed by atoms with E-state index in [1.54, 1.807) is 11.3 Å². The highest BCUT2D eigenvalue weighted by atomic mass is 32.1. The second-order valence-corrected chi connectivity index (χ2v) is 5.03. The molecule has 1 aliphatic rings. The van der Waals surface area contributed by atoms with Crippen molar-refractivity contribution in [3.8, 4) is 0 Å². The first-order chi connectivity index (χ1) is 8.12. The van der Waals surface area contributed by atoms with Gasteiger partial charge in [0, 0.05) is 13.1 Å². The van der Waals surface area contributed by atoms with Gasteiger partial charge in [-0.05, 0) is 35.2 Å². The van der Waals surface area contributed by atoms with Gasteiger partial charge in [0.05, 0.1) is 5.41 Å². The molecule has 0 atom stereocenters. The maximum atomic E-state index is 11.4. The zero-order valence-electron chi connectivity index (χ0n) is 9.23. The second-order valence-electron chi connectivity index (χ2n) is 4.25. The average Bonchev–Trinajstić information content (AvgIpc) is 2.93. The van der Waals surface area contributed by atoms with Crippen LogP contribution in [0.1, 0.15) is 18.4 Å². The Morgan fingerprint density at radius 1 is 1.41 bits per heavy atom. The molecule has 17 heavy (non-hydrogen) atoms. The summed E-state index contributed by atoms with van der Waals surface area (Å²) in [4.78, 5) is 22.3. The summed E-state index contributed by atoms with van der Waals surface area (Å²) in [7, 11) is 0. The van der Waals surface area contributed by atoms with Crippen molar-refractivity contribution >= 4 is 23.3 Å². The molecule has 0 saturated heterocycles. The minimum atomic E-state index is -0.823. The van der Waals surface area contributed by atoms with Gasteiger partial charge in [-0.2, -0.15) is 11.3 Å². The largest absolute Gasteiger partial charge is 0.481 e. The lowest BCUT2D eigenvalue weighted by molar-refractivity contribution is -0.143. The third kappa shape index (κ3) is 2.97. The molecule has 0 radical (unpaired) electrons. The van der Waals surface area contributed by atoms with Crippen LogP contribution < -0.4 is 10.6 Å². The number of hydrogen-bond acceptors (Lipinski definition) is 3. The van der Waals surface area contributed by atoms with Crippen LogP contribution in [-0.2, 0) is 11.3 Å². The monoisotopic (exact) mass is 254 g/mol. The van der Waals surface area contributed by atoms with Crippen molar-refractivity contribution in [3.63, 3.8) is 0 Å². The molecule has 1 aromatic rings. The van der Waals surface area contributed by atoms with E-state index in [4.69, 9.17) is 5.11 Å². The lowest BCUT2D eigenvalue weighted by atomic mass is 10.1. The molecule has 1 aliphatic carbocycles. The van der Waals surface area contributed by atoms with Crippen LogP contribution >= 0.6 is 11.3 Å². The van der Waals surface area contributed by atoms with Crippen LogP contribution in [0.4, 0.5) is 4.79 Å². The molecule has 6 heteroatoms. The van der Waals surface area contributed by atoms with E-state index in [1.807, 2.05) is 16.8 Å². The van der Waals surface area contributed by atoms with Gasteiger partial charge in [0.25, 0.3) is 0 Å². The summed E-state index contributed by atoms with van der Waals surface area (Å²) >= 11 is 1.57. The molecule has 1 saturated carbocycles. The molecule has 0 aromatic carbocycles. The fraction of sp³-hybridized carbons (Fsp3) is 0.455. The SMILES string of the molecule is O=C(NCc1ccsc1)NCC1(C(=O)O)CC1. The van der Waals surface area contributed by atoms with Crippen LogP contribution in [0.5, 0.6) is 0 Å². The summed E-state index contributed by atoms with van der Waals surface area (Å²) in [6.45, 7) is 0.674. The molecule has 3 N–H and O–H groups in total. The van der Waals surface area contributed by atoms with E-state index in [2.05, 4.69) is 10.6 Å². The third-order valence-electron chi connectivity index (χ3n) is 2.93. The van der Waals surface area contributed by atoms with Gasteiger partial charge in [0.2, 0.25) is 0 Å². The van der Waals surface area contributed by atoms with Crippen LogP contribution in [0.15, 0.2) is 16.8 Å². The molecule has 1 aromatic heterocycles. The Balaban J connectivity index is 1.70. The van der Waals surface area contributed by atoms with Crippen molar-refractivity contribution in [2.45, 2.75) is 19.4 Å². The molecule has 0 spiro atoms. The Hall–Kier alpha value is -1.56. The zero-order valence-corrected chi connectivity index (χ0v) is 10.0. The number of rotatable bonds is 5. The summed E-state index contributed by atoms with van der Waals surface area (Å²) in [6.07, 6.45) is 1.29. The summed E-state index contributed by atoms with van der Waals surface area (Å²) < 4.78 is 0. The van der Waals surface area contributed by atoms with E-state index < -0.39 is 11.4 Å². The Bertz CT molecular complexity index is 412. The summed E-state index contributed by atoms with van der Waals surface area (Å²) in [5, 5.41) is 18.1. The molecule has 0 bridgehead atoms. The van der Waals surface area contributed by atoms with Gasteiger partial charge >= 0.3 is 12.0 Å². The maximum absolute atomic E-state index is 11.4. The molecular formula is C11H14N2O3S. The summed E-state index contributed by atoms with van der Waals surface area (Å²) in [5.74, 6) is -0.823. The highest BCUT2D eigenvalue weighted by Gasteiger charge is 2.50. The van der Waals surface area contributed by atoms with Gasteiger partial charge in [-0.3, -0.25) is 4.79 Å². The fourth-order valence-electron chi connectivity index (χ4n) is 1.50. The van der Waals surface area contributed by atoms with Crippen molar-refractivity contribution in [2.75, 3.05) is 6.54 Å². The summed E-state index contributed by atoms with van der Waals surface area (Å²) in [5.41, 5.74) is 0.337. The van der Waals surface area contributed by atoms with Gasteiger partial charge in [-0.15, -0.1) is 0 Å². The first-order valence-electron chi connectivity index (χ1n) is 5.39. The number of nitrogens with one attached hydrogen (secondary N) is 2. The number of aliphatic carboxylic acids is 1. The topological polar surface area (TPSA) is 78.4 Å². The molecule has 92 valence electrons. The van der Waals surface area contributed by atoms with Gasteiger partial charge in [-0.25, -0.2) is 4.79 Å². The minimum Gasteiger partial charge on any atom is -0.481 e. The zero-order chi connectivity index (χ0) is 12.3. The van der Waals surface area contributed by atoms with Crippen molar-refractivity contribution in [3.05, 3.63) is 22.4 Å². The van der Waals surface area contributed by atoms with Crippen LogP contribution in [0.25, 0.3) is 0 Å². The van der Waals surface area contributed by atoms with E-state index in [-0.39, 0.29) is 12.6 Å². The van der Waals surface area contributed by atoms with Crippen LogP contribution in [0.2, 0.25) is 0 Å². The lowest BCUT2D eigenvalue weighted by Gasteiger charge is -2.11. The van der Waals surface area contributed by atoms with Gasteiger partial charge in [0.15, 0.2) is 0 Å². The average molecular weight is 254 g/mol. The number of carboxylic acid groups (broad SMARTS) is 1.